The van der Waals surface area contributed by atoms with Crippen molar-refractivity contribution in [3.8, 4) is 0 Å². The SMILES string of the molecule is COC1(C(N)Cc2ccc(I)cc2)CCCC(C)C1. The van der Waals surface area contributed by atoms with Crippen molar-refractivity contribution in [2.45, 2.75) is 50.7 Å². The zero-order valence-corrected chi connectivity index (χ0v) is 14.0. The highest BCUT2D eigenvalue weighted by molar-refractivity contribution is 14.1. The number of hydrogen-bond donors (Lipinski definition) is 1. The Kier molecular flexibility index (Phi) is 5.26. The molecule has 1 aromatic rings. The Hall–Kier alpha value is -0.130. The van der Waals surface area contributed by atoms with Crippen LogP contribution in [0.4, 0.5) is 0 Å². The van der Waals surface area contributed by atoms with Gasteiger partial charge in [0, 0.05) is 16.7 Å². The fourth-order valence-electron chi connectivity index (χ4n) is 3.28. The molecule has 0 amide bonds. The fourth-order valence-corrected chi connectivity index (χ4v) is 3.64. The van der Waals surface area contributed by atoms with Crippen LogP contribution in [0.3, 0.4) is 0 Å². The molecule has 2 rings (SSSR count). The molecular formula is C16H24INO. The van der Waals surface area contributed by atoms with Gasteiger partial charge in [-0.2, -0.15) is 0 Å². The van der Waals surface area contributed by atoms with Crippen LogP contribution in [0.5, 0.6) is 0 Å². The van der Waals surface area contributed by atoms with Crippen LogP contribution in [-0.2, 0) is 11.2 Å². The first-order chi connectivity index (χ1) is 9.05. The van der Waals surface area contributed by atoms with Crippen molar-refractivity contribution in [1.82, 2.24) is 0 Å². The number of hydrogen-bond acceptors (Lipinski definition) is 2. The predicted octanol–water partition coefficient (Wildman–Crippen LogP) is 3.76. The van der Waals surface area contributed by atoms with E-state index in [0.29, 0.717) is 0 Å². The maximum Gasteiger partial charge on any atom is 0.0834 e. The molecule has 2 nitrogen and oxygen atoms in total. The van der Waals surface area contributed by atoms with Crippen LogP contribution in [0.2, 0.25) is 0 Å². The Morgan fingerprint density at radius 2 is 2.11 bits per heavy atom. The zero-order chi connectivity index (χ0) is 13.9. The first kappa shape index (κ1) is 15.3. The minimum absolute atomic E-state index is 0.0836. The van der Waals surface area contributed by atoms with E-state index in [1.54, 1.807) is 0 Å². The smallest absolute Gasteiger partial charge is 0.0834 e. The summed E-state index contributed by atoms with van der Waals surface area (Å²) in [5.74, 6) is 0.719. The normalized spacial score (nSPS) is 29.2. The number of benzene rings is 1. The quantitative estimate of drug-likeness (QED) is 0.816. The minimum Gasteiger partial charge on any atom is -0.377 e. The number of methoxy groups -OCH3 is 1. The summed E-state index contributed by atoms with van der Waals surface area (Å²) in [4.78, 5) is 0. The average Bonchev–Trinajstić information content (AvgIpc) is 2.41. The van der Waals surface area contributed by atoms with Gasteiger partial charge in [-0.3, -0.25) is 0 Å². The summed E-state index contributed by atoms with van der Waals surface area (Å²) in [6.07, 6.45) is 5.63. The molecule has 2 N–H and O–H groups in total. The van der Waals surface area contributed by atoms with E-state index in [2.05, 4.69) is 53.8 Å². The topological polar surface area (TPSA) is 35.2 Å². The van der Waals surface area contributed by atoms with Crippen LogP contribution < -0.4 is 5.73 Å². The van der Waals surface area contributed by atoms with Crippen molar-refractivity contribution >= 4 is 22.6 Å². The van der Waals surface area contributed by atoms with E-state index in [1.165, 1.54) is 22.0 Å². The third kappa shape index (κ3) is 3.70. The Morgan fingerprint density at radius 3 is 2.68 bits per heavy atom. The monoisotopic (exact) mass is 373 g/mol. The summed E-state index contributed by atoms with van der Waals surface area (Å²) in [6, 6.07) is 8.73. The van der Waals surface area contributed by atoms with Crippen LogP contribution in [0.1, 0.15) is 38.2 Å². The number of ether oxygens (including phenoxy) is 1. The van der Waals surface area contributed by atoms with Crippen LogP contribution in [0.15, 0.2) is 24.3 Å². The number of rotatable bonds is 4. The number of nitrogens with two attached hydrogens (primary N) is 1. The molecular weight excluding hydrogens is 349 g/mol. The van der Waals surface area contributed by atoms with E-state index in [0.717, 1.165) is 25.2 Å². The molecule has 0 aromatic heterocycles. The maximum atomic E-state index is 6.50. The molecule has 0 saturated heterocycles. The predicted molar refractivity (Wildman–Crippen MR) is 88.2 cm³/mol. The fraction of sp³-hybridized carbons (Fsp3) is 0.625. The van der Waals surface area contributed by atoms with Gasteiger partial charge in [-0.25, -0.2) is 0 Å². The molecule has 3 atom stereocenters. The van der Waals surface area contributed by atoms with Crippen molar-refractivity contribution in [3.05, 3.63) is 33.4 Å². The van der Waals surface area contributed by atoms with Crippen molar-refractivity contribution in [2.24, 2.45) is 11.7 Å². The van der Waals surface area contributed by atoms with E-state index >= 15 is 0 Å². The number of halogens is 1. The summed E-state index contributed by atoms with van der Waals surface area (Å²) >= 11 is 2.33. The molecule has 0 spiro atoms. The Bertz CT molecular complexity index is 406. The molecule has 0 aliphatic heterocycles. The first-order valence-electron chi connectivity index (χ1n) is 7.11. The average molecular weight is 373 g/mol. The van der Waals surface area contributed by atoms with Gasteiger partial charge in [0.15, 0.2) is 0 Å². The van der Waals surface area contributed by atoms with E-state index < -0.39 is 0 Å². The van der Waals surface area contributed by atoms with Gasteiger partial charge in [-0.1, -0.05) is 31.9 Å². The molecule has 1 aromatic carbocycles. The molecule has 1 aliphatic rings. The van der Waals surface area contributed by atoms with Crippen LogP contribution >= 0.6 is 22.6 Å². The zero-order valence-electron chi connectivity index (χ0n) is 11.9. The molecule has 1 saturated carbocycles. The third-order valence-corrected chi connectivity index (χ3v) is 5.16. The molecule has 0 radical (unpaired) electrons. The van der Waals surface area contributed by atoms with Gasteiger partial charge >= 0.3 is 0 Å². The van der Waals surface area contributed by atoms with Crippen molar-refractivity contribution < 1.29 is 4.74 Å². The van der Waals surface area contributed by atoms with Gasteiger partial charge in [-0.15, -0.1) is 0 Å². The standard InChI is InChI=1S/C16H24INO/c1-12-4-3-9-16(11-12,19-2)15(18)10-13-5-7-14(17)8-6-13/h5-8,12,15H,3-4,9-11,18H2,1-2H3. The van der Waals surface area contributed by atoms with Crippen molar-refractivity contribution in [3.63, 3.8) is 0 Å². The lowest BCUT2D eigenvalue weighted by atomic mass is 9.73. The molecule has 3 heteroatoms. The van der Waals surface area contributed by atoms with Gasteiger partial charge in [0.1, 0.15) is 0 Å². The van der Waals surface area contributed by atoms with E-state index in [1.807, 2.05) is 7.11 Å². The maximum absolute atomic E-state index is 6.50. The summed E-state index contributed by atoms with van der Waals surface area (Å²) < 4.78 is 7.15. The molecule has 0 heterocycles. The van der Waals surface area contributed by atoms with E-state index in [-0.39, 0.29) is 11.6 Å². The molecule has 19 heavy (non-hydrogen) atoms. The van der Waals surface area contributed by atoms with Crippen LogP contribution in [0.25, 0.3) is 0 Å². The minimum atomic E-state index is -0.124. The van der Waals surface area contributed by atoms with Gasteiger partial charge in [0.2, 0.25) is 0 Å². The van der Waals surface area contributed by atoms with Gasteiger partial charge in [0.25, 0.3) is 0 Å². The van der Waals surface area contributed by atoms with Gasteiger partial charge in [0.05, 0.1) is 5.60 Å². The molecule has 106 valence electrons. The molecule has 1 fully saturated rings. The Labute approximate surface area is 130 Å². The lowest BCUT2D eigenvalue weighted by Crippen LogP contribution is -2.53. The summed E-state index contributed by atoms with van der Waals surface area (Å²) in [5.41, 5.74) is 7.68. The second-order valence-electron chi connectivity index (χ2n) is 5.91. The van der Waals surface area contributed by atoms with Gasteiger partial charge < -0.3 is 10.5 Å². The Balaban J connectivity index is 2.08. The lowest BCUT2D eigenvalue weighted by Gasteiger charge is -2.43. The van der Waals surface area contributed by atoms with E-state index in [9.17, 15) is 0 Å². The first-order valence-corrected chi connectivity index (χ1v) is 8.19. The van der Waals surface area contributed by atoms with Gasteiger partial charge in [-0.05, 0) is 65.5 Å². The van der Waals surface area contributed by atoms with Crippen molar-refractivity contribution in [2.75, 3.05) is 7.11 Å². The Morgan fingerprint density at radius 1 is 1.42 bits per heavy atom. The van der Waals surface area contributed by atoms with Crippen molar-refractivity contribution in [1.29, 1.82) is 0 Å². The molecule has 3 unspecified atom stereocenters. The highest BCUT2D eigenvalue weighted by Gasteiger charge is 2.40. The van der Waals surface area contributed by atoms with Crippen LogP contribution in [0, 0.1) is 9.49 Å². The lowest BCUT2D eigenvalue weighted by molar-refractivity contribution is -0.0705. The largest absolute Gasteiger partial charge is 0.377 e. The third-order valence-electron chi connectivity index (χ3n) is 4.44. The summed E-state index contributed by atoms with van der Waals surface area (Å²) in [5, 5.41) is 0. The second-order valence-corrected chi connectivity index (χ2v) is 7.15. The molecule has 1 aliphatic carbocycles. The summed E-state index contributed by atoms with van der Waals surface area (Å²) in [6.45, 7) is 2.31. The highest BCUT2D eigenvalue weighted by Crippen LogP contribution is 2.37. The molecule has 0 bridgehead atoms. The van der Waals surface area contributed by atoms with E-state index in [4.69, 9.17) is 10.5 Å². The summed E-state index contributed by atoms with van der Waals surface area (Å²) in [7, 11) is 1.83. The second kappa shape index (κ2) is 6.55. The highest BCUT2D eigenvalue weighted by atomic mass is 127. The van der Waals surface area contributed by atoms with Crippen LogP contribution in [-0.4, -0.2) is 18.8 Å².